The summed E-state index contributed by atoms with van der Waals surface area (Å²) in [6.07, 6.45) is 3.01. The van der Waals surface area contributed by atoms with Gasteiger partial charge in [-0.2, -0.15) is 5.10 Å². The molecular weight excluding hydrogens is 248 g/mol. The van der Waals surface area contributed by atoms with E-state index >= 15 is 0 Å². The number of rotatable bonds is 3. The van der Waals surface area contributed by atoms with E-state index in [2.05, 4.69) is 5.10 Å². The monoisotopic (exact) mass is 260 g/mol. The molecule has 3 nitrogen and oxygen atoms in total. The number of aryl methyl sites for hydroxylation is 1. The second-order valence-corrected chi connectivity index (χ2v) is 5.09. The molecule has 1 aromatic carbocycles. The number of hydrogen-bond acceptors (Lipinski definition) is 2. The SMILES string of the molecule is Cc1ccc(-n2nc(C3CC3)c(C=O)c2Cl)cc1. The lowest BCUT2D eigenvalue weighted by Gasteiger charge is -2.03. The minimum absolute atomic E-state index is 0.411. The van der Waals surface area contributed by atoms with Crippen LogP contribution in [0.3, 0.4) is 0 Å². The maximum absolute atomic E-state index is 11.1. The summed E-state index contributed by atoms with van der Waals surface area (Å²) in [4.78, 5) is 11.1. The normalized spacial score (nSPS) is 14.8. The zero-order valence-electron chi connectivity index (χ0n) is 10.1. The van der Waals surface area contributed by atoms with E-state index in [1.165, 1.54) is 5.56 Å². The van der Waals surface area contributed by atoms with E-state index in [1.54, 1.807) is 4.68 Å². The lowest BCUT2D eigenvalue weighted by Crippen LogP contribution is -1.97. The van der Waals surface area contributed by atoms with Gasteiger partial charge in [-0.1, -0.05) is 29.3 Å². The molecule has 0 N–H and O–H groups in total. The standard InChI is InChI=1S/C14H13ClN2O/c1-9-2-6-11(7-3-9)17-14(15)12(8-18)13(16-17)10-4-5-10/h2-3,6-8,10H,4-5H2,1H3. The first-order chi connectivity index (χ1) is 8.70. The Hall–Kier alpha value is -1.61. The van der Waals surface area contributed by atoms with E-state index in [0.29, 0.717) is 16.6 Å². The summed E-state index contributed by atoms with van der Waals surface area (Å²) in [5.41, 5.74) is 3.45. The highest BCUT2D eigenvalue weighted by molar-refractivity contribution is 6.32. The van der Waals surface area contributed by atoms with Crippen molar-refractivity contribution in [2.24, 2.45) is 0 Å². The fourth-order valence-corrected chi connectivity index (χ4v) is 2.33. The van der Waals surface area contributed by atoms with Crippen LogP contribution in [0, 0.1) is 6.92 Å². The Labute approximate surface area is 110 Å². The van der Waals surface area contributed by atoms with Crippen molar-refractivity contribution in [3.8, 4) is 5.69 Å². The quantitative estimate of drug-likeness (QED) is 0.792. The summed E-state index contributed by atoms with van der Waals surface area (Å²) in [6, 6.07) is 7.92. The third-order valence-corrected chi connectivity index (χ3v) is 3.62. The average Bonchev–Trinajstić information content (AvgIpc) is 3.15. The predicted molar refractivity (Wildman–Crippen MR) is 70.7 cm³/mol. The zero-order valence-corrected chi connectivity index (χ0v) is 10.8. The van der Waals surface area contributed by atoms with E-state index in [0.717, 1.165) is 30.5 Å². The van der Waals surface area contributed by atoms with Gasteiger partial charge in [0, 0.05) is 5.92 Å². The number of aromatic nitrogens is 2. The highest BCUT2D eigenvalue weighted by Crippen LogP contribution is 2.42. The van der Waals surface area contributed by atoms with Gasteiger partial charge < -0.3 is 0 Å². The van der Waals surface area contributed by atoms with Crippen LogP contribution in [-0.4, -0.2) is 16.1 Å². The number of carbonyl (C=O) groups excluding carboxylic acids is 1. The molecule has 1 aliphatic carbocycles. The van der Waals surface area contributed by atoms with Crippen LogP contribution >= 0.6 is 11.6 Å². The van der Waals surface area contributed by atoms with Crippen molar-refractivity contribution in [2.45, 2.75) is 25.7 Å². The third kappa shape index (κ3) is 1.85. The van der Waals surface area contributed by atoms with Gasteiger partial charge in [0.2, 0.25) is 0 Å². The second-order valence-electron chi connectivity index (χ2n) is 4.73. The molecule has 18 heavy (non-hydrogen) atoms. The minimum atomic E-state index is 0.411. The van der Waals surface area contributed by atoms with Gasteiger partial charge in [0.05, 0.1) is 16.9 Å². The van der Waals surface area contributed by atoms with E-state index in [-0.39, 0.29) is 0 Å². The van der Waals surface area contributed by atoms with Crippen molar-refractivity contribution in [3.63, 3.8) is 0 Å². The van der Waals surface area contributed by atoms with Crippen LogP contribution in [-0.2, 0) is 0 Å². The van der Waals surface area contributed by atoms with Gasteiger partial charge in [0.25, 0.3) is 0 Å². The van der Waals surface area contributed by atoms with Crippen LogP contribution in [0.5, 0.6) is 0 Å². The number of nitrogens with zero attached hydrogens (tertiary/aromatic N) is 2. The number of aldehydes is 1. The molecule has 1 aliphatic rings. The summed E-state index contributed by atoms with van der Waals surface area (Å²) in [5, 5.41) is 4.91. The molecule has 0 saturated heterocycles. The van der Waals surface area contributed by atoms with E-state index in [1.807, 2.05) is 31.2 Å². The van der Waals surface area contributed by atoms with Crippen LogP contribution in [0.2, 0.25) is 5.15 Å². The largest absolute Gasteiger partial charge is 0.298 e. The van der Waals surface area contributed by atoms with Gasteiger partial charge >= 0.3 is 0 Å². The Kier molecular flexibility index (Phi) is 2.71. The molecule has 3 rings (SSSR count). The van der Waals surface area contributed by atoms with E-state index < -0.39 is 0 Å². The molecule has 0 spiro atoms. The first kappa shape index (κ1) is 11.5. The van der Waals surface area contributed by atoms with Crippen LogP contribution in [0.15, 0.2) is 24.3 Å². The molecule has 0 amide bonds. The molecule has 1 saturated carbocycles. The predicted octanol–water partition coefficient (Wildman–Crippen LogP) is 3.52. The van der Waals surface area contributed by atoms with Gasteiger partial charge in [0.15, 0.2) is 6.29 Å². The van der Waals surface area contributed by atoms with Crippen LogP contribution in [0.4, 0.5) is 0 Å². The molecule has 4 heteroatoms. The zero-order chi connectivity index (χ0) is 12.7. The molecule has 0 radical (unpaired) electrons. The number of carbonyl (C=O) groups is 1. The summed E-state index contributed by atoms with van der Waals surface area (Å²) in [5.74, 6) is 0.411. The number of benzene rings is 1. The van der Waals surface area contributed by atoms with Gasteiger partial charge in [-0.25, -0.2) is 4.68 Å². The molecule has 0 unspecified atom stereocenters. The molecule has 2 aromatic rings. The van der Waals surface area contributed by atoms with Crippen molar-refractivity contribution in [2.75, 3.05) is 0 Å². The van der Waals surface area contributed by atoms with Crippen molar-refractivity contribution in [3.05, 3.63) is 46.2 Å². The Morgan fingerprint density at radius 2 is 2.00 bits per heavy atom. The van der Waals surface area contributed by atoms with Gasteiger partial charge in [-0.05, 0) is 31.9 Å². The van der Waals surface area contributed by atoms with Crippen molar-refractivity contribution < 1.29 is 4.79 Å². The molecule has 1 aromatic heterocycles. The number of hydrogen-bond donors (Lipinski definition) is 0. The smallest absolute Gasteiger partial charge is 0.155 e. The van der Waals surface area contributed by atoms with E-state index in [9.17, 15) is 4.79 Å². The van der Waals surface area contributed by atoms with Gasteiger partial charge in [-0.3, -0.25) is 4.79 Å². The van der Waals surface area contributed by atoms with Crippen LogP contribution < -0.4 is 0 Å². The van der Waals surface area contributed by atoms with Crippen LogP contribution in [0.1, 0.15) is 40.4 Å². The molecule has 1 heterocycles. The summed E-state index contributed by atoms with van der Waals surface area (Å²) in [6.45, 7) is 2.03. The molecule has 1 fully saturated rings. The van der Waals surface area contributed by atoms with Crippen molar-refractivity contribution in [1.29, 1.82) is 0 Å². The van der Waals surface area contributed by atoms with Gasteiger partial charge in [-0.15, -0.1) is 0 Å². The highest BCUT2D eigenvalue weighted by Gasteiger charge is 2.31. The highest BCUT2D eigenvalue weighted by atomic mass is 35.5. The average molecular weight is 261 g/mol. The first-order valence-corrected chi connectivity index (χ1v) is 6.39. The molecule has 92 valence electrons. The van der Waals surface area contributed by atoms with Gasteiger partial charge in [0.1, 0.15) is 5.15 Å². The Morgan fingerprint density at radius 1 is 1.33 bits per heavy atom. The summed E-state index contributed by atoms with van der Waals surface area (Å²) >= 11 is 6.25. The molecular formula is C14H13ClN2O. The molecule has 0 aliphatic heterocycles. The Bertz CT molecular complexity index is 597. The Morgan fingerprint density at radius 3 is 2.56 bits per heavy atom. The van der Waals surface area contributed by atoms with Crippen molar-refractivity contribution in [1.82, 2.24) is 9.78 Å². The molecule has 0 bridgehead atoms. The second kappa shape index (κ2) is 4.25. The topological polar surface area (TPSA) is 34.9 Å². The first-order valence-electron chi connectivity index (χ1n) is 6.01. The van der Waals surface area contributed by atoms with Crippen molar-refractivity contribution >= 4 is 17.9 Å². The van der Waals surface area contributed by atoms with E-state index in [4.69, 9.17) is 11.6 Å². The van der Waals surface area contributed by atoms with Crippen LogP contribution in [0.25, 0.3) is 5.69 Å². The lowest BCUT2D eigenvalue weighted by molar-refractivity contribution is 0.112. The maximum Gasteiger partial charge on any atom is 0.155 e. The molecule has 0 atom stereocenters. The lowest BCUT2D eigenvalue weighted by atomic mass is 10.2. The number of halogens is 1. The summed E-state index contributed by atoms with van der Waals surface area (Å²) in [7, 11) is 0. The fourth-order valence-electron chi connectivity index (χ4n) is 2.05. The summed E-state index contributed by atoms with van der Waals surface area (Å²) < 4.78 is 1.65. The fraction of sp³-hybridized carbons (Fsp3) is 0.286. The third-order valence-electron chi connectivity index (χ3n) is 3.25. The maximum atomic E-state index is 11.1. The Balaban J connectivity index is 2.11. The minimum Gasteiger partial charge on any atom is -0.298 e.